The molecule has 0 aliphatic rings. The second-order valence-electron chi connectivity index (χ2n) is 2.72. The monoisotopic (exact) mass is 202 g/mol. The highest BCUT2D eigenvalue weighted by molar-refractivity contribution is 5.43. The molecule has 0 saturated heterocycles. The van der Waals surface area contributed by atoms with E-state index in [-0.39, 0.29) is 0 Å². The summed E-state index contributed by atoms with van der Waals surface area (Å²) in [7, 11) is 0. The Labute approximate surface area is 87.8 Å². The second kappa shape index (κ2) is 5.58. The summed E-state index contributed by atoms with van der Waals surface area (Å²) in [6.07, 6.45) is 1.38. The number of nitriles is 1. The molecule has 0 radical (unpaired) electrons. The van der Waals surface area contributed by atoms with Gasteiger partial charge in [0.05, 0.1) is 12.7 Å². The van der Waals surface area contributed by atoms with Gasteiger partial charge in [0.2, 0.25) is 6.08 Å². The van der Waals surface area contributed by atoms with Crippen molar-refractivity contribution in [2.24, 2.45) is 4.99 Å². The number of isocyanates is 1. The number of hydrogen-bond acceptors (Lipinski definition) is 4. The molecule has 4 nitrogen and oxygen atoms in total. The molecule has 0 saturated carbocycles. The predicted molar refractivity (Wildman–Crippen MR) is 54.1 cm³/mol. The normalized spacial score (nSPS) is 10.9. The first-order valence-corrected chi connectivity index (χ1v) is 4.51. The largest absolute Gasteiger partial charge is 0.493 e. The van der Waals surface area contributed by atoms with Gasteiger partial charge in [-0.3, -0.25) is 0 Å². The summed E-state index contributed by atoms with van der Waals surface area (Å²) >= 11 is 0. The van der Waals surface area contributed by atoms with Gasteiger partial charge in [-0.25, -0.2) is 4.79 Å². The lowest BCUT2D eigenvalue weighted by atomic mass is 10.1. The number of aliphatic imine (C=N–C) groups is 1. The van der Waals surface area contributed by atoms with Crippen molar-refractivity contribution in [1.82, 2.24) is 0 Å². The number of para-hydroxylation sites is 1. The summed E-state index contributed by atoms with van der Waals surface area (Å²) in [6, 6.07) is 8.08. The number of nitrogens with zero attached hydrogens (tertiary/aromatic N) is 2. The molecule has 1 aromatic rings. The van der Waals surface area contributed by atoms with Crippen LogP contribution in [0.1, 0.15) is 18.5 Å². The minimum atomic E-state index is -0.842. The Kier molecular flexibility index (Phi) is 4.08. The maximum atomic E-state index is 10.1. The van der Waals surface area contributed by atoms with Crippen LogP contribution in [-0.4, -0.2) is 12.7 Å². The van der Waals surface area contributed by atoms with Crippen molar-refractivity contribution in [3.05, 3.63) is 29.8 Å². The first kappa shape index (κ1) is 11.0. The Bertz CT molecular complexity index is 417. The van der Waals surface area contributed by atoms with E-state index in [2.05, 4.69) is 4.99 Å². The average molecular weight is 202 g/mol. The average Bonchev–Trinajstić information content (AvgIpc) is 2.27. The van der Waals surface area contributed by atoms with Gasteiger partial charge in [-0.15, -0.1) is 0 Å². The topological polar surface area (TPSA) is 62.4 Å². The Hall–Kier alpha value is -2.11. The molecule has 1 rings (SSSR count). The lowest BCUT2D eigenvalue weighted by Gasteiger charge is -2.09. The summed E-state index contributed by atoms with van der Waals surface area (Å²) in [5.74, 6) is 0.575. The fourth-order valence-corrected chi connectivity index (χ4v) is 1.21. The molecule has 0 spiro atoms. The molecule has 0 aliphatic carbocycles. The molecule has 0 amide bonds. The summed E-state index contributed by atoms with van der Waals surface area (Å²) < 4.78 is 5.33. The van der Waals surface area contributed by atoms with E-state index < -0.39 is 6.04 Å². The van der Waals surface area contributed by atoms with Crippen LogP contribution < -0.4 is 4.74 Å². The van der Waals surface area contributed by atoms with Gasteiger partial charge in [0.25, 0.3) is 0 Å². The summed E-state index contributed by atoms with van der Waals surface area (Å²) in [5, 5.41) is 8.83. The minimum Gasteiger partial charge on any atom is -0.493 e. The lowest BCUT2D eigenvalue weighted by Crippen LogP contribution is -1.99. The fraction of sp³-hybridized carbons (Fsp3) is 0.273. The molecule has 0 heterocycles. The number of ether oxygens (including phenoxy) is 1. The molecule has 15 heavy (non-hydrogen) atoms. The molecule has 0 N–H and O–H groups in total. The van der Waals surface area contributed by atoms with Gasteiger partial charge in [-0.1, -0.05) is 18.2 Å². The highest BCUT2D eigenvalue weighted by atomic mass is 16.5. The van der Waals surface area contributed by atoms with E-state index in [4.69, 9.17) is 10.00 Å². The Balaban J connectivity index is 3.11. The third-order valence-electron chi connectivity index (χ3n) is 1.82. The van der Waals surface area contributed by atoms with Gasteiger partial charge < -0.3 is 4.74 Å². The first-order valence-electron chi connectivity index (χ1n) is 4.51. The Morgan fingerprint density at radius 3 is 2.87 bits per heavy atom. The van der Waals surface area contributed by atoms with Crippen LogP contribution in [-0.2, 0) is 4.79 Å². The second-order valence-corrected chi connectivity index (χ2v) is 2.72. The van der Waals surface area contributed by atoms with Crippen LogP contribution in [0, 0.1) is 11.3 Å². The smallest absolute Gasteiger partial charge is 0.236 e. The van der Waals surface area contributed by atoms with Crippen molar-refractivity contribution in [3.63, 3.8) is 0 Å². The molecular formula is C11H10N2O2. The number of carbonyl (C=O) groups excluding carboxylic acids is 1. The molecule has 0 aromatic heterocycles. The Morgan fingerprint density at radius 1 is 1.53 bits per heavy atom. The van der Waals surface area contributed by atoms with E-state index in [0.29, 0.717) is 17.9 Å². The van der Waals surface area contributed by atoms with Crippen molar-refractivity contribution >= 4 is 6.08 Å². The quantitative estimate of drug-likeness (QED) is 0.554. The van der Waals surface area contributed by atoms with Crippen LogP contribution in [0.5, 0.6) is 5.75 Å². The summed E-state index contributed by atoms with van der Waals surface area (Å²) in [5.41, 5.74) is 0.588. The zero-order valence-electron chi connectivity index (χ0n) is 8.30. The van der Waals surface area contributed by atoms with Gasteiger partial charge in [0, 0.05) is 5.56 Å². The summed E-state index contributed by atoms with van der Waals surface area (Å²) in [6.45, 7) is 2.35. The van der Waals surface area contributed by atoms with Gasteiger partial charge in [0.1, 0.15) is 5.75 Å². The van der Waals surface area contributed by atoms with E-state index in [1.165, 1.54) is 6.08 Å². The third kappa shape index (κ3) is 2.67. The van der Waals surface area contributed by atoms with Crippen molar-refractivity contribution in [2.45, 2.75) is 13.0 Å². The molecular weight excluding hydrogens is 192 g/mol. The standard InChI is InChI=1S/C11H10N2O2/c1-2-15-11-6-4-3-5-9(11)10(7-12)13-8-14/h3-6,10H,2H2,1H3. The SMILES string of the molecule is CCOc1ccccc1C(C#N)N=C=O. The first-order chi connectivity index (χ1) is 7.33. The molecule has 1 unspecified atom stereocenters. The van der Waals surface area contributed by atoms with Crippen LogP contribution in [0.4, 0.5) is 0 Å². The van der Waals surface area contributed by atoms with Gasteiger partial charge in [0.15, 0.2) is 6.04 Å². The van der Waals surface area contributed by atoms with Crippen LogP contribution in [0.15, 0.2) is 29.3 Å². The van der Waals surface area contributed by atoms with Gasteiger partial charge >= 0.3 is 0 Å². The van der Waals surface area contributed by atoms with Gasteiger partial charge in [-0.2, -0.15) is 10.3 Å². The van der Waals surface area contributed by atoms with E-state index in [9.17, 15) is 4.79 Å². The Morgan fingerprint density at radius 2 is 2.27 bits per heavy atom. The number of rotatable bonds is 4. The highest BCUT2D eigenvalue weighted by Gasteiger charge is 2.13. The molecule has 0 bridgehead atoms. The van der Waals surface area contributed by atoms with Crippen molar-refractivity contribution in [2.75, 3.05) is 6.61 Å². The van der Waals surface area contributed by atoms with E-state index >= 15 is 0 Å². The van der Waals surface area contributed by atoms with E-state index in [1.54, 1.807) is 24.3 Å². The number of benzene rings is 1. The molecule has 76 valence electrons. The van der Waals surface area contributed by atoms with E-state index in [1.807, 2.05) is 13.0 Å². The molecule has 0 aliphatic heterocycles. The minimum absolute atomic E-state index is 0.500. The molecule has 1 atom stereocenters. The van der Waals surface area contributed by atoms with Crippen LogP contribution in [0.2, 0.25) is 0 Å². The highest BCUT2D eigenvalue weighted by Crippen LogP contribution is 2.26. The van der Waals surface area contributed by atoms with Crippen molar-refractivity contribution in [3.8, 4) is 11.8 Å². The third-order valence-corrected chi connectivity index (χ3v) is 1.82. The number of hydrogen-bond donors (Lipinski definition) is 0. The molecule has 0 fully saturated rings. The molecule has 1 aromatic carbocycles. The fourth-order valence-electron chi connectivity index (χ4n) is 1.21. The van der Waals surface area contributed by atoms with Gasteiger partial charge in [-0.05, 0) is 13.0 Å². The van der Waals surface area contributed by atoms with E-state index in [0.717, 1.165) is 0 Å². The van der Waals surface area contributed by atoms with Crippen LogP contribution in [0.25, 0.3) is 0 Å². The van der Waals surface area contributed by atoms with Crippen molar-refractivity contribution < 1.29 is 9.53 Å². The zero-order chi connectivity index (χ0) is 11.1. The van der Waals surface area contributed by atoms with Crippen LogP contribution in [0.3, 0.4) is 0 Å². The predicted octanol–water partition coefficient (Wildman–Crippen LogP) is 1.99. The summed E-state index contributed by atoms with van der Waals surface area (Å²) in [4.78, 5) is 13.5. The maximum absolute atomic E-state index is 10.1. The molecule has 4 heteroatoms. The maximum Gasteiger partial charge on any atom is 0.236 e. The lowest BCUT2D eigenvalue weighted by molar-refractivity contribution is 0.336. The zero-order valence-corrected chi connectivity index (χ0v) is 8.30. The van der Waals surface area contributed by atoms with Crippen molar-refractivity contribution in [1.29, 1.82) is 5.26 Å². The van der Waals surface area contributed by atoms with Crippen LogP contribution >= 0.6 is 0 Å².